The van der Waals surface area contributed by atoms with Crippen molar-refractivity contribution >= 4 is 27.0 Å². The number of hydrogen-bond acceptors (Lipinski definition) is 3. The molecule has 4 nitrogen and oxygen atoms in total. The van der Waals surface area contributed by atoms with Gasteiger partial charge in [-0.15, -0.1) is 0 Å². The minimum Gasteiger partial charge on any atom is -0.381 e. The van der Waals surface area contributed by atoms with E-state index < -0.39 is 0 Å². The Hall–Kier alpha value is -0.910. The van der Waals surface area contributed by atoms with Crippen molar-refractivity contribution in [3.05, 3.63) is 28.5 Å². The summed E-state index contributed by atoms with van der Waals surface area (Å²) < 4.78 is 14.7. The zero-order valence-electron chi connectivity index (χ0n) is 13.2. The number of nitrogens with zero attached hydrogens (tertiary/aromatic N) is 2. The smallest absolute Gasteiger partial charge is 0.113 e. The zero-order valence-corrected chi connectivity index (χ0v) is 14.8. The van der Waals surface area contributed by atoms with E-state index in [9.17, 15) is 0 Å². The third-order valence-corrected chi connectivity index (χ3v) is 4.71. The number of halogens is 1. The van der Waals surface area contributed by atoms with Crippen molar-refractivity contribution in [3.63, 3.8) is 0 Å². The molecule has 2 heterocycles. The molecule has 1 fully saturated rings. The van der Waals surface area contributed by atoms with Crippen LogP contribution in [0.4, 0.5) is 0 Å². The van der Waals surface area contributed by atoms with E-state index in [2.05, 4.69) is 45.6 Å². The molecule has 1 atom stereocenters. The molecular weight excluding hydrogens is 344 g/mol. The fourth-order valence-corrected chi connectivity index (χ4v) is 3.52. The predicted molar refractivity (Wildman–Crippen MR) is 91.3 cm³/mol. The number of hydrogen-bond donors (Lipinski definition) is 0. The van der Waals surface area contributed by atoms with Crippen molar-refractivity contribution in [2.45, 2.75) is 45.3 Å². The zero-order chi connectivity index (χ0) is 15.5. The number of benzene rings is 1. The Labute approximate surface area is 139 Å². The van der Waals surface area contributed by atoms with Crippen LogP contribution in [0.15, 0.2) is 22.7 Å². The highest BCUT2D eigenvalue weighted by Gasteiger charge is 2.23. The molecule has 3 rings (SSSR count). The second kappa shape index (κ2) is 7.11. The summed E-state index contributed by atoms with van der Waals surface area (Å²) in [5.74, 6) is 1.66. The van der Waals surface area contributed by atoms with E-state index in [4.69, 9.17) is 14.5 Å². The minimum atomic E-state index is 0.181. The number of imidazole rings is 1. The van der Waals surface area contributed by atoms with Gasteiger partial charge in [-0.1, -0.05) is 15.9 Å². The van der Waals surface area contributed by atoms with Crippen LogP contribution in [0.1, 0.15) is 38.4 Å². The molecule has 22 heavy (non-hydrogen) atoms. The molecule has 120 valence electrons. The van der Waals surface area contributed by atoms with Crippen LogP contribution in [-0.4, -0.2) is 35.5 Å². The van der Waals surface area contributed by atoms with Crippen molar-refractivity contribution in [3.8, 4) is 0 Å². The molecule has 1 aromatic carbocycles. The van der Waals surface area contributed by atoms with E-state index in [0.717, 1.165) is 49.2 Å². The molecule has 0 amide bonds. The molecule has 0 aliphatic carbocycles. The van der Waals surface area contributed by atoms with Crippen molar-refractivity contribution in [2.24, 2.45) is 0 Å². The highest BCUT2D eigenvalue weighted by atomic mass is 79.9. The average molecular weight is 367 g/mol. The number of ether oxygens (including phenoxy) is 2. The first-order chi connectivity index (χ1) is 10.7. The first-order valence-electron chi connectivity index (χ1n) is 8.04. The van der Waals surface area contributed by atoms with E-state index in [1.54, 1.807) is 0 Å². The average Bonchev–Trinajstić information content (AvgIpc) is 2.86. The third-order valence-electron chi connectivity index (χ3n) is 4.22. The van der Waals surface area contributed by atoms with Gasteiger partial charge in [-0.2, -0.15) is 0 Å². The summed E-state index contributed by atoms with van der Waals surface area (Å²) in [6.45, 7) is 7.41. The second-order valence-electron chi connectivity index (χ2n) is 5.87. The van der Waals surface area contributed by atoms with Gasteiger partial charge < -0.3 is 14.0 Å². The molecule has 0 spiro atoms. The number of rotatable bonds is 5. The van der Waals surface area contributed by atoms with Gasteiger partial charge in [0.05, 0.1) is 23.7 Å². The van der Waals surface area contributed by atoms with Crippen LogP contribution in [0.25, 0.3) is 11.0 Å². The molecule has 0 radical (unpaired) electrons. The lowest BCUT2D eigenvalue weighted by Crippen LogP contribution is -2.22. The van der Waals surface area contributed by atoms with E-state index >= 15 is 0 Å². The first-order valence-corrected chi connectivity index (χ1v) is 8.83. The molecule has 5 heteroatoms. The maximum absolute atomic E-state index is 5.75. The van der Waals surface area contributed by atoms with Gasteiger partial charge in [-0.05, 0) is 44.9 Å². The van der Waals surface area contributed by atoms with Crippen LogP contribution in [-0.2, 0) is 16.0 Å². The Balaban J connectivity index is 2.00. The van der Waals surface area contributed by atoms with Crippen molar-refractivity contribution < 1.29 is 9.47 Å². The van der Waals surface area contributed by atoms with E-state index in [1.807, 2.05) is 6.92 Å². The SMILES string of the molecule is CCOC(C)Cn1c(C2CCOCC2)nc2ccc(Br)cc21. The maximum atomic E-state index is 5.75. The largest absolute Gasteiger partial charge is 0.381 e. The van der Waals surface area contributed by atoms with E-state index in [-0.39, 0.29) is 6.10 Å². The molecule has 1 aromatic heterocycles. The maximum Gasteiger partial charge on any atom is 0.113 e. The third kappa shape index (κ3) is 3.36. The monoisotopic (exact) mass is 366 g/mol. The summed E-state index contributed by atoms with van der Waals surface area (Å²) in [5, 5.41) is 0. The van der Waals surface area contributed by atoms with Gasteiger partial charge in [0.2, 0.25) is 0 Å². The Morgan fingerprint density at radius 3 is 2.91 bits per heavy atom. The van der Waals surface area contributed by atoms with Gasteiger partial charge in [0.25, 0.3) is 0 Å². The topological polar surface area (TPSA) is 36.3 Å². The highest BCUT2D eigenvalue weighted by molar-refractivity contribution is 9.10. The summed E-state index contributed by atoms with van der Waals surface area (Å²) in [7, 11) is 0. The summed E-state index contributed by atoms with van der Waals surface area (Å²) in [5.41, 5.74) is 2.25. The van der Waals surface area contributed by atoms with Gasteiger partial charge in [0.1, 0.15) is 5.82 Å². The van der Waals surface area contributed by atoms with Gasteiger partial charge in [-0.3, -0.25) is 0 Å². The Morgan fingerprint density at radius 2 is 2.18 bits per heavy atom. The fraction of sp³-hybridized carbons (Fsp3) is 0.588. The van der Waals surface area contributed by atoms with Crippen LogP contribution in [0.5, 0.6) is 0 Å². The molecule has 1 unspecified atom stereocenters. The molecule has 2 aromatic rings. The normalized spacial score (nSPS) is 18.0. The fourth-order valence-electron chi connectivity index (χ4n) is 3.17. The van der Waals surface area contributed by atoms with Crippen LogP contribution in [0.3, 0.4) is 0 Å². The van der Waals surface area contributed by atoms with Gasteiger partial charge in [-0.25, -0.2) is 4.98 Å². The van der Waals surface area contributed by atoms with Crippen LogP contribution in [0.2, 0.25) is 0 Å². The molecule has 0 bridgehead atoms. The Morgan fingerprint density at radius 1 is 1.41 bits per heavy atom. The molecule has 1 saturated heterocycles. The summed E-state index contributed by atoms with van der Waals surface area (Å²) in [6.07, 6.45) is 2.28. The van der Waals surface area contributed by atoms with Gasteiger partial charge in [0, 0.05) is 30.2 Å². The lowest BCUT2D eigenvalue weighted by atomic mass is 9.99. The Bertz CT molecular complexity index is 635. The molecule has 1 aliphatic heterocycles. The van der Waals surface area contributed by atoms with Gasteiger partial charge >= 0.3 is 0 Å². The molecule has 1 aliphatic rings. The summed E-state index contributed by atoms with van der Waals surface area (Å²) >= 11 is 3.58. The van der Waals surface area contributed by atoms with Gasteiger partial charge in [0.15, 0.2) is 0 Å². The van der Waals surface area contributed by atoms with Crippen LogP contribution < -0.4 is 0 Å². The summed E-state index contributed by atoms with van der Waals surface area (Å²) in [6, 6.07) is 6.30. The summed E-state index contributed by atoms with van der Waals surface area (Å²) in [4.78, 5) is 4.92. The molecule has 0 saturated carbocycles. The number of aromatic nitrogens is 2. The van der Waals surface area contributed by atoms with Crippen LogP contribution in [0, 0.1) is 0 Å². The highest BCUT2D eigenvalue weighted by Crippen LogP contribution is 2.31. The number of fused-ring (bicyclic) bond motifs is 1. The quantitative estimate of drug-likeness (QED) is 0.798. The van der Waals surface area contributed by atoms with E-state index in [0.29, 0.717) is 5.92 Å². The lowest BCUT2D eigenvalue weighted by Gasteiger charge is -2.24. The Kier molecular flexibility index (Phi) is 5.16. The molecular formula is C17H23BrN2O2. The van der Waals surface area contributed by atoms with Crippen molar-refractivity contribution in [1.82, 2.24) is 9.55 Å². The predicted octanol–water partition coefficient (Wildman–Crippen LogP) is 4.12. The second-order valence-corrected chi connectivity index (χ2v) is 6.78. The molecule has 0 N–H and O–H groups in total. The first kappa shape index (κ1) is 16.0. The van der Waals surface area contributed by atoms with Crippen molar-refractivity contribution in [2.75, 3.05) is 19.8 Å². The van der Waals surface area contributed by atoms with Crippen LogP contribution >= 0.6 is 15.9 Å². The van der Waals surface area contributed by atoms with Crippen molar-refractivity contribution in [1.29, 1.82) is 0 Å². The minimum absolute atomic E-state index is 0.181. The standard InChI is InChI=1S/C17H23BrN2O2/c1-3-22-12(2)11-20-16-10-14(18)4-5-15(16)19-17(20)13-6-8-21-9-7-13/h4-5,10,12-13H,3,6-9,11H2,1-2H3. The van der Waals surface area contributed by atoms with E-state index in [1.165, 1.54) is 11.3 Å². The lowest BCUT2D eigenvalue weighted by molar-refractivity contribution is 0.0613.